The second kappa shape index (κ2) is 5.62. The number of carboxylic acids is 1. The summed E-state index contributed by atoms with van der Waals surface area (Å²) in [4.78, 5) is 18.5. The second-order valence-corrected chi connectivity index (χ2v) is 4.05. The molecule has 2 rings (SSSR count). The lowest BCUT2D eigenvalue weighted by molar-refractivity contribution is 0.0694. The summed E-state index contributed by atoms with van der Waals surface area (Å²) in [5.74, 6) is -1.66. The number of rotatable bonds is 4. The molecule has 0 radical (unpaired) electrons. The highest BCUT2D eigenvalue weighted by Gasteiger charge is 2.12. The van der Waals surface area contributed by atoms with Crippen LogP contribution in [0.15, 0.2) is 30.7 Å². The van der Waals surface area contributed by atoms with Crippen LogP contribution >= 0.6 is 11.6 Å². The van der Waals surface area contributed by atoms with Gasteiger partial charge in [-0.3, -0.25) is 0 Å². The molecular formula is C12H9ClFN3O2. The number of hydrogen-bond donors (Lipinski definition) is 2. The predicted molar refractivity (Wildman–Crippen MR) is 67.7 cm³/mol. The molecule has 1 heterocycles. The van der Waals surface area contributed by atoms with Crippen molar-refractivity contribution in [3.8, 4) is 0 Å². The Hall–Kier alpha value is -2.21. The number of aromatic carboxylic acids is 1. The molecule has 0 aliphatic heterocycles. The summed E-state index contributed by atoms with van der Waals surface area (Å²) in [7, 11) is 0. The summed E-state index contributed by atoms with van der Waals surface area (Å²) >= 11 is 5.85. The Labute approximate surface area is 113 Å². The lowest BCUT2D eigenvalue weighted by Gasteiger charge is -2.10. The van der Waals surface area contributed by atoms with Crippen molar-refractivity contribution in [2.24, 2.45) is 0 Å². The van der Waals surface area contributed by atoms with E-state index in [1.54, 1.807) is 0 Å². The number of benzene rings is 1. The topological polar surface area (TPSA) is 75.1 Å². The molecule has 5 nitrogen and oxygen atoms in total. The van der Waals surface area contributed by atoms with Gasteiger partial charge in [-0.15, -0.1) is 0 Å². The average molecular weight is 282 g/mol. The van der Waals surface area contributed by atoms with Gasteiger partial charge in [0.2, 0.25) is 0 Å². The molecule has 0 amide bonds. The van der Waals surface area contributed by atoms with Crippen molar-refractivity contribution in [2.45, 2.75) is 6.54 Å². The van der Waals surface area contributed by atoms with E-state index in [9.17, 15) is 9.18 Å². The molecule has 7 heteroatoms. The van der Waals surface area contributed by atoms with Gasteiger partial charge in [0, 0.05) is 6.20 Å². The van der Waals surface area contributed by atoms with Gasteiger partial charge in [-0.25, -0.2) is 19.2 Å². The number of aromatic nitrogens is 2. The third-order valence-corrected chi connectivity index (χ3v) is 2.74. The molecule has 2 aromatic rings. The van der Waals surface area contributed by atoms with E-state index in [1.165, 1.54) is 30.7 Å². The molecule has 0 aliphatic carbocycles. The fourth-order valence-electron chi connectivity index (χ4n) is 1.51. The number of nitrogens with one attached hydrogen (secondary N) is 1. The molecule has 1 aromatic heterocycles. The van der Waals surface area contributed by atoms with E-state index >= 15 is 0 Å². The molecule has 2 N–H and O–H groups in total. The molecule has 0 aliphatic rings. The van der Waals surface area contributed by atoms with Crippen LogP contribution in [0.1, 0.15) is 16.1 Å². The lowest BCUT2D eigenvalue weighted by Crippen LogP contribution is -2.10. The zero-order valence-electron chi connectivity index (χ0n) is 9.60. The first-order valence-corrected chi connectivity index (χ1v) is 5.67. The maximum atomic E-state index is 13.5. The van der Waals surface area contributed by atoms with Crippen molar-refractivity contribution in [1.29, 1.82) is 0 Å². The maximum absolute atomic E-state index is 13.5. The normalized spacial score (nSPS) is 10.2. The van der Waals surface area contributed by atoms with Crippen molar-refractivity contribution >= 4 is 23.3 Å². The number of anilines is 1. The molecule has 0 spiro atoms. The van der Waals surface area contributed by atoms with Crippen LogP contribution in [0.5, 0.6) is 0 Å². The monoisotopic (exact) mass is 281 g/mol. The molecule has 1 aromatic carbocycles. The molecule has 19 heavy (non-hydrogen) atoms. The Morgan fingerprint density at radius 2 is 2.26 bits per heavy atom. The Balaban J connectivity index is 2.22. The van der Waals surface area contributed by atoms with Crippen molar-refractivity contribution in [3.05, 3.63) is 52.8 Å². The molecule has 0 saturated carbocycles. The number of halogens is 2. The van der Waals surface area contributed by atoms with Crippen molar-refractivity contribution in [1.82, 2.24) is 9.97 Å². The Kier molecular flexibility index (Phi) is 3.91. The zero-order chi connectivity index (χ0) is 13.8. The fourth-order valence-corrected chi connectivity index (χ4v) is 1.74. The summed E-state index contributed by atoms with van der Waals surface area (Å²) in [6, 6.07) is 4.27. The van der Waals surface area contributed by atoms with Crippen molar-refractivity contribution in [2.75, 3.05) is 5.32 Å². The molecule has 98 valence electrons. The number of para-hydroxylation sites is 1. The number of nitrogens with zero attached hydrogens (tertiary/aromatic N) is 2. The first kappa shape index (κ1) is 13.2. The first-order chi connectivity index (χ1) is 9.09. The largest absolute Gasteiger partial charge is 0.478 e. The van der Waals surface area contributed by atoms with Crippen LogP contribution in [0.3, 0.4) is 0 Å². The van der Waals surface area contributed by atoms with Gasteiger partial charge in [0.1, 0.15) is 17.7 Å². The molecule has 0 atom stereocenters. The van der Waals surface area contributed by atoms with Gasteiger partial charge >= 0.3 is 5.97 Å². The molecule has 0 saturated heterocycles. The minimum Gasteiger partial charge on any atom is -0.478 e. The summed E-state index contributed by atoms with van der Waals surface area (Å²) in [6.07, 6.45) is 2.42. The van der Waals surface area contributed by atoms with Crippen LogP contribution < -0.4 is 5.32 Å². The highest BCUT2D eigenvalue weighted by atomic mass is 35.5. The van der Waals surface area contributed by atoms with E-state index < -0.39 is 11.8 Å². The summed E-state index contributed by atoms with van der Waals surface area (Å²) in [5, 5.41) is 11.9. The molecule has 0 unspecified atom stereocenters. The number of carboxylic acid groups (broad SMARTS) is 1. The minimum atomic E-state index is -1.14. The van der Waals surface area contributed by atoms with Gasteiger partial charge in [0.25, 0.3) is 0 Å². The quantitative estimate of drug-likeness (QED) is 0.901. The number of hydrogen-bond acceptors (Lipinski definition) is 4. The molecular weight excluding hydrogens is 273 g/mol. The Morgan fingerprint density at radius 3 is 2.95 bits per heavy atom. The standard InChI is InChI=1S/C12H9ClFN3O2/c13-8-2-1-3-9(14)11(8)16-5-10-7(12(18)19)4-15-6-17-10/h1-4,6,16H,5H2,(H,18,19). The van der Waals surface area contributed by atoms with Gasteiger partial charge in [0.05, 0.1) is 22.9 Å². The highest BCUT2D eigenvalue weighted by Crippen LogP contribution is 2.25. The van der Waals surface area contributed by atoms with Crippen LogP contribution in [0, 0.1) is 5.82 Å². The third-order valence-electron chi connectivity index (χ3n) is 2.42. The van der Waals surface area contributed by atoms with Crippen LogP contribution in [0.2, 0.25) is 5.02 Å². The smallest absolute Gasteiger partial charge is 0.339 e. The maximum Gasteiger partial charge on any atom is 0.339 e. The summed E-state index contributed by atoms with van der Waals surface area (Å²) < 4.78 is 13.5. The zero-order valence-corrected chi connectivity index (χ0v) is 10.4. The molecule has 0 bridgehead atoms. The Morgan fingerprint density at radius 1 is 1.47 bits per heavy atom. The Bertz CT molecular complexity index is 601. The van der Waals surface area contributed by atoms with E-state index in [1.807, 2.05) is 0 Å². The van der Waals surface area contributed by atoms with E-state index in [0.717, 1.165) is 0 Å². The first-order valence-electron chi connectivity index (χ1n) is 5.29. The van der Waals surface area contributed by atoms with Gasteiger partial charge in [-0.1, -0.05) is 17.7 Å². The minimum absolute atomic E-state index is 0.0325. The van der Waals surface area contributed by atoms with Gasteiger partial charge < -0.3 is 10.4 Å². The van der Waals surface area contributed by atoms with E-state index in [0.29, 0.717) is 0 Å². The van der Waals surface area contributed by atoms with Crippen molar-refractivity contribution in [3.63, 3.8) is 0 Å². The average Bonchev–Trinajstić information content (AvgIpc) is 2.38. The SMILES string of the molecule is O=C(O)c1cncnc1CNc1c(F)cccc1Cl. The van der Waals surface area contributed by atoms with Crippen molar-refractivity contribution < 1.29 is 14.3 Å². The van der Waals surface area contributed by atoms with Crippen LogP contribution in [-0.2, 0) is 6.54 Å². The highest BCUT2D eigenvalue weighted by molar-refractivity contribution is 6.33. The fraction of sp³-hybridized carbons (Fsp3) is 0.0833. The predicted octanol–water partition coefficient (Wildman–Crippen LogP) is 2.58. The van der Waals surface area contributed by atoms with Crippen LogP contribution in [0.4, 0.5) is 10.1 Å². The summed E-state index contributed by atoms with van der Waals surface area (Å²) in [6.45, 7) is 0.0325. The molecule has 0 fully saturated rings. The summed E-state index contributed by atoms with van der Waals surface area (Å²) in [5.41, 5.74) is 0.323. The van der Waals surface area contributed by atoms with E-state index in [-0.39, 0.29) is 28.5 Å². The second-order valence-electron chi connectivity index (χ2n) is 3.64. The van der Waals surface area contributed by atoms with Gasteiger partial charge in [0.15, 0.2) is 0 Å². The van der Waals surface area contributed by atoms with Gasteiger partial charge in [-0.05, 0) is 12.1 Å². The van der Waals surface area contributed by atoms with E-state index in [2.05, 4.69) is 15.3 Å². The number of carbonyl (C=O) groups is 1. The lowest BCUT2D eigenvalue weighted by atomic mass is 10.2. The van der Waals surface area contributed by atoms with Gasteiger partial charge in [-0.2, -0.15) is 0 Å². The third kappa shape index (κ3) is 2.97. The van der Waals surface area contributed by atoms with Crippen LogP contribution in [-0.4, -0.2) is 21.0 Å². The van der Waals surface area contributed by atoms with E-state index in [4.69, 9.17) is 16.7 Å². The van der Waals surface area contributed by atoms with Crippen LogP contribution in [0.25, 0.3) is 0 Å².